The van der Waals surface area contributed by atoms with Crippen LogP contribution in [-0.4, -0.2) is 65.8 Å². The fraction of sp³-hybridized carbons (Fsp3) is 0.571. The largest absolute Gasteiger partial charge is 0.349 e. The maximum absolute atomic E-state index is 12.6. The van der Waals surface area contributed by atoms with Gasteiger partial charge in [0.05, 0.1) is 5.03 Å². The van der Waals surface area contributed by atoms with E-state index in [2.05, 4.69) is 46.7 Å². The van der Waals surface area contributed by atoms with E-state index in [0.29, 0.717) is 12.0 Å². The Morgan fingerprint density at radius 1 is 1.37 bits per heavy atom. The van der Waals surface area contributed by atoms with Gasteiger partial charge in [-0.25, -0.2) is 4.79 Å². The van der Waals surface area contributed by atoms with Crippen molar-refractivity contribution in [3.63, 3.8) is 0 Å². The average Bonchev–Trinajstić information content (AvgIpc) is 3.03. The minimum absolute atomic E-state index is 0.0675. The van der Waals surface area contributed by atoms with Gasteiger partial charge in [-0.3, -0.25) is 0 Å². The van der Waals surface area contributed by atoms with E-state index in [1.54, 1.807) is 0 Å². The number of nitrogens with one attached hydrogen (secondary N) is 2. The number of amides is 2. The quantitative estimate of drug-likeness (QED) is 0.789. The number of hydrogen-bond acceptors (Lipinski definition) is 3. The smallest absolute Gasteiger partial charge is 0.317 e. The molecule has 1 aliphatic heterocycles. The molecule has 1 aliphatic carbocycles. The summed E-state index contributed by atoms with van der Waals surface area (Å²) in [4.78, 5) is 20.5. The topological polar surface area (TPSA) is 51.4 Å². The lowest BCUT2D eigenvalue weighted by molar-refractivity contribution is 0.123. The predicted molar refractivity (Wildman–Crippen MR) is 113 cm³/mol. The fourth-order valence-electron chi connectivity index (χ4n) is 5.05. The number of aromatic nitrogens is 1. The Labute approximate surface area is 165 Å². The zero-order chi connectivity index (χ0) is 19.1. The summed E-state index contributed by atoms with van der Waals surface area (Å²) in [6.07, 6.45) is 4.25. The van der Waals surface area contributed by atoms with Crippen molar-refractivity contribution in [3.05, 3.63) is 29.3 Å². The first kappa shape index (κ1) is 18.7. The molecule has 1 aromatic heterocycles. The van der Waals surface area contributed by atoms with Gasteiger partial charge in [0.1, 0.15) is 0 Å². The van der Waals surface area contributed by atoms with Crippen LogP contribution in [0.25, 0.3) is 10.9 Å². The predicted octanol–water partition coefficient (Wildman–Crippen LogP) is 3.65. The number of carbonyl (C=O) groups is 1. The van der Waals surface area contributed by atoms with Crippen LogP contribution in [0, 0.1) is 0 Å². The van der Waals surface area contributed by atoms with Crippen LogP contribution < -0.4 is 5.32 Å². The molecule has 1 saturated heterocycles. The molecule has 3 atom stereocenters. The molecule has 5 nitrogen and oxygen atoms in total. The van der Waals surface area contributed by atoms with Gasteiger partial charge in [-0.15, -0.1) is 11.8 Å². The van der Waals surface area contributed by atoms with Crippen LogP contribution in [0.15, 0.2) is 23.2 Å². The molecule has 2 aromatic rings. The van der Waals surface area contributed by atoms with E-state index in [0.717, 1.165) is 32.5 Å². The summed E-state index contributed by atoms with van der Waals surface area (Å²) < 4.78 is 0. The Morgan fingerprint density at radius 2 is 2.15 bits per heavy atom. The van der Waals surface area contributed by atoms with Crippen molar-refractivity contribution in [3.8, 4) is 0 Å². The molecule has 6 heteroatoms. The number of carbonyl (C=O) groups excluding carboxylic acids is 1. The lowest BCUT2D eigenvalue weighted by Gasteiger charge is -2.46. The highest BCUT2D eigenvalue weighted by Crippen LogP contribution is 2.45. The Bertz CT molecular complexity index is 844. The number of piperidine rings is 1. The number of nitrogens with zero attached hydrogens (tertiary/aromatic N) is 2. The van der Waals surface area contributed by atoms with E-state index in [4.69, 9.17) is 0 Å². The molecular formula is C21H30N4OS. The standard InChI is InChI=1S/C21H30N4OS/c1-5-25(6-2)21(26)22-13-10-15-14-8-7-9-17-19(14)16(20(23-17)27-4)11-18(15)24(3)12-13/h7-9,13,15,18,23H,5-6,10-12H2,1-4H3,(H,22,26)/t13-,15-,18-/m1/s1. The van der Waals surface area contributed by atoms with Crippen molar-refractivity contribution >= 4 is 28.7 Å². The Balaban J connectivity index is 1.64. The summed E-state index contributed by atoms with van der Waals surface area (Å²) in [6, 6.07) is 7.42. The van der Waals surface area contributed by atoms with Gasteiger partial charge in [0.15, 0.2) is 0 Å². The molecular weight excluding hydrogens is 356 g/mol. The summed E-state index contributed by atoms with van der Waals surface area (Å²) in [5.74, 6) is 0.465. The first-order valence-corrected chi connectivity index (χ1v) is 11.2. The number of hydrogen-bond donors (Lipinski definition) is 2. The van der Waals surface area contributed by atoms with Crippen LogP contribution >= 0.6 is 11.8 Å². The van der Waals surface area contributed by atoms with Crippen LogP contribution in [0.1, 0.15) is 37.3 Å². The number of thioether (sulfide) groups is 1. The molecule has 1 fully saturated rings. The number of aromatic amines is 1. The maximum Gasteiger partial charge on any atom is 0.317 e. The Hall–Kier alpha value is -1.66. The minimum Gasteiger partial charge on any atom is -0.349 e. The molecule has 0 bridgehead atoms. The summed E-state index contributed by atoms with van der Waals surface area (Å²) >= 11 is 1.81. The lowest BCUT2D eigenvalue weighted by Crippen LogP contribution is -2.56. The number of likely N-dealkylation sites (N-methyl/N-ethyl adjacent to an activating group) is 1. The number of benzene rings is 1. The summed E-state index contributed by atoms with van der Waals surface area (Å²) in [7, 11) is 2.21. The lowest BCUT2D eigenvalue weighted by atomic mass is 9.74. The highest BCUT2D eigenvalue weighted by molar-refractivity contribution is 7.98. The van der Waals surface area contributed by atoms with E-state index in [9.17, 15) is 4.79 Å². The van der Waals surface area contributed by atoms with Gasteiger partial charge in [0.25, 0.3) is 0 Å². The molecule has 2 N–H and O–H groups in total. The zero-order valence-electron chi connectivity index (χ0n) is 16.7. The van der Waals surface area contributed by atoms with Crippen molar-refractivity contribution < 1.29 is 4.79 Å². The van der Waals surface area contributed by atoms with E-state index in [-0.39, 0.29) is 12.1 Å². The SMILES string of the molecule is CCN(CC)C(=O)N[C@@H]1C[C@@H]2c3cccc4[nH]c(SC)c(c34)C[C@H]2N(C)C1. The van der Waals surface area contributed by atoms with Crippen molar-refractivity contribution in [1.29, 1.82) is 0 Å². The van der Waals surface area contributed by atoms with E-state index < -0.39 is 0 Å². The van der Waals surface area contributed by atoms with Crippen LogP contribution in [-0.2, 0) is 6.42 Å². The molecule has 0 saturated carbocycles. The van der Waals surface area contributed by atoms with Crippen molar-refractivity contribution in [2.75, 3.05) is 32.9 Å². The van der Waals surface area contributed by atoms with Gasteiger partial charge >= 0.3 is 6.03 Å². The number of H-pyrrole nitrogens is 1. The second-order valence-electron chi connectivity index (χ2n) is 7.78. The summed E-state index contributed by atoms with van der Waals surface area (Å²) in [5.41, 5.74) is 4.18. The van der Waals surface area contributed by atoms with E-state index in [1.807, 2.05) is 30.5 Å². The van der Waals surface area contributed by atoms with Crippen molar-refractivity contribution in [2.24, 2.45) is 0 Å². The minimum atomic E-state index is 0.0675. The number of urea groups is 1. The van der Waals surface area contributed by atoms with Crippen LogP contribution in [0.4, 0.5) is 4.79 Å². The van der Waals surface area contributed by atoms with Crippen LogP contribution in [0.5, 0.6) is 0 Å². The van der Waals surface area contributed by atoms with Crippen LogP contribution in [0.3, 0.4) is 0 Å². The average molecular weight is 387 g/mol. The highest BCUT2D eigenvalue weighted by Gasteiger charge is 2.40. The first-order chi connectivity index (χ1) is 13.1. The number of fused-ring (bicyclic) bond motifs is 2. The van der Waals surface area contributed by atoms with E-state index >= 15 is 0 Å². The van der Waals surface area contributed by atoms with Gasteiger partial charge in [-0.2, -0.15) is 0 Å². The van der Waals surface area contributed by atoms with Gasteiger partial charge < -0.3 is 20.1 Å². The van der Waals surface area contributed by atoms with Gasteiger partial charge in [0.2, 0.25) is 0 Å². The third-order valence-corrected chi connectivity index (χ3v) is 7.15. The molecule has 0 radical (unpaired) electrons. The highest BCUT2D eigenvalue weighted by atomic mass is 32.2. The maximum atomic E-state index is 12.6. The number of likely N-dealkylation sites (tertiary alicyclic amines) is 1. The third-order valence-electron chi connectivity index (χ3n) is 6.39. The van der Waals surface area contributed by atoms with Crippen LogP contribution in [0.2, 0.25) is 0 Å². The molecule has 2 heterocycles. The number of rotatable bonds is 4. The Morgan fingerprint density at radius 3 is 2.85 bits per heavy atom. The molecule has 0 unspecified atom stereocenters. The van der Waals surface area contributed by atoms with Crippen molar-refractivity contribution in [2.45, 2.75) is 49.7 Å². The third kappa shape index (κ3) is 3.13. The Kier molecular flexibility index (Phi) is 5.12. The van der Waals surface area contributed by atoms with Crippen molar-refractivity contribution in [1.82, 2.24) is 20.1 Å². The molecule has 2 aliphatic rings. The normalized spacial score (nSPS) is 24.7. The summed E-state index contributed by atoms with van der Waals surface area (Å²) in [6.45, 7) is 6.48. The van der Waals surface area contributed by atoms with Gasteiger partial charge in [-0.05, 0) is 57.2 Å². The first-order valence-electron chi connectivity index (χ1n) is 10.00. The molecule has 2 amide bonds. The van der Waals surface area contributed by atoms with Gasteiger partial charge in [0, 0.05) is 48.5 Å². The second kappa shape index (κ2) is 7.40. The summed E-state index contributed by atoms with van der Waals surface area (Å²) in [5, 5.41) is 6.02. The molecule has 146 valence electrons. The van der Waals surface area contributed by atoms with E-state index in [1.165, 1.54) is 27.1 Å². The van der Waals surface area contributed by atoms with Gasteiger partial charge in [-0.1, -0.05) is 12.1 Å². The molecule has 27 heavy (non-hydrogen) atoms. The monoisotopic (exact) mass is 386 g/mol. The molecule has 4 rings (SSSR count). The fourth-order valence-corrected chi connectivity index (χ4v) is 5.70. The second-order valence-corrected chi connectivity index (χ2v) is 8.60. The zero-order valence-corrected chi connectivity index (χ0v) is 17.5. The molecule has 0 spiro atoms. The molecule has 1 aromatic carbocycles.